The van der Waals surface area contributed by atoms with Crippen molar-refractivity contribution in [2.24, 2.45) is 0 Å². The molecule has 26 heavy (non-hydrogen) atoms. The quantitative estimate of drug-likeness (QED) is 0.165. The first-order chi connectivity index (χ1) is 12.4. The molecule has 8 heteroatoms. The number of rotatable bonds is 15. The molecule has 0 radical (unpaired) electrons. The number of esters is 2. The molecule has 0 aromatic heterocycles. The van der Waals surface area contributed by atoms with Gasteiger partial charge >= 0.3 is 11.9 Å². The maximum atomic E-state index is 12.1. The molecule has 6 nitrogen and oxygen atoms in total. The summed E-state index contributed by atoms with van der Waals surface area (Å²) in [4.78, 5) is 24.1. The number of carbonyl (C=O) groups excluding carboxylic acids is 2. The molecule has 0 saturated heterocycles. The molecule has 0 amide bonds. The summed E-state index contributed by atoms with van der Waals surface area (Å²) in [6.07, 6.45) is 6.73. The van der Waals surface area contributed by atoms with Gasteiger partial charge in [-0.1, -0.05) is 75.0 Å². The molecule has 0 fully saturated rings. The van der Waals surface area contributed by atoms with Gasteiger partial charge in [0.1, 0.15) is 5.01 Å². The van der Waals surface area contributed by atoms with E-state index in [2.05, 4.69) is 22.9 Å². The Morgan fingerprint density at radius 3 is 1.88 bits per heavy atom. The first kappa shape index (κ1) is 25.4. The Labute approximate surface area is 166 Å². The highest BCUT2D eigenvalue weighted by Gasteiger charge is 2.39. The number of ether oxygens (including phenoxy) is 3. The lowest BCUT2D eigenvalue weighted by atomic mass is 9.74. The SMILES string of the molecule is CCCCCCCCCC(Br)O[C@@H](C(=O)OC)[C@@H](OB(C)C)C(=O)OC. The van der Waals surface area contributed by atoms with Crippen LogP contribution in [0.4, 0.5) is 0 Å². The Hall–Kier alpha value is -0.595. The predicted molar refractivity (Wildman–Crippen MR) is 107 cm³/mol. The Morgan fingerprint density at radius 1 is 0.885 bits per heavy atom. The summed E-state index contributed by atoms with van der Waals surface area (Å²) in [5, 5.41) is -0.370. The minimum atomic E-state index is -1.18. The van der Waals surface area contributed by atoms with Crippen LogP contribution in [0.3, 0.4) is 0 Å². The number of hydrogen-bond donors (Lipinski definition) is 0. The summed E-state index contributed by atoms with van der Waals surface area (Å²) >= 11 is 3.44. The molecule has 0 spiro atoms. The molecule has 0 N–H and O–H groups in total. The molecule has 1 unspecified atom stereocenters. The summed E-state index contributed by atoms with van der Waals surface area (Å²) in [5.41, 5.74) is 0. The zero-order valence-corrected chi connectivity index (χ0v) is 18.4. The van der Waals surface area contributed by atoms with Crippen molar-refractivity contribution < 1.29 is 28.5 Å². The fourth-order valence-electron chi connectivity index (χ4n) is 2.52. The van der Waals surface area contributed by atoms with Gasteiger partial charge in [0.05, 0.1) is 14.2 Å². The minimum absolute atomic E-state index is 0.272. The molecule has 152 valence electrons. The van der Waals surface area contributed by atoms with E-state index in [1.54, 1.807) is 13.6 Å². The Kier molecular flexibility index (Phi) is 15.1. The van der Waals surface area contributed by atoms with Crippen LogP contribution in [0.15, 0.2) is 0 Å². The molecule has 3 atom stereocenters. The molecular weight excluding hydrogens is 403 g/mol. The highest BCUT2D eigenvalue weighted by molar-refractivity contribution is 9.09. The van der Waals surface area contributed by atoms with Gasteiger partial charge in [-0.3, -0.25) is 0 Å². The zero-order valence-electron chi connectivity index (χ0n) is 16.8. The smallest absolute Gasteiger partial charge is 0.338 e. The van der Waals surface area contributed by atoms with Gasteiger partial charge in [0.15, 0.2) is 12.2 Å². The van der Waals surface area contributed by atoms with Crippen LogP contribution in [0.2, 0.25) is 13.6 Å². The van der Waals surface area contributed by atoms with E-state index in [-0.39, 0.29) is 11.9 Å². The molecular formula is C18H34BBrO6. The van der Waals surface area contributed by atoms with E-state index in [9.17, 15) is 9.59 Å². The van der Waals surface area contributed by atoms with E-state index in [4.69, 9.17) is 18.9 Å². The molecule has 0 rings (SSSR count). The van der Waals surface area contributed by atoms with Crippen LogP contribution in [-0.2, 0) is 28.5 Å². The lowest BCUT2D eigenvalue weighted by Crippen LogP contribution is -2.47. The lowest BCUT2D eigenvalue weighted by molar-refractivity contribution is -0.174. The van der Waals surface area contributed by atoms with Crippen LogP contribution in [0.25, 0.3) is 0 Å². The van der Waals surface area contributed by atoms with Gasteiger partial charge in [-0.15, -0.1) is 0 Å². The maximum Gasteiger partial charge on any atom is 0.338 e. The molecule has 0 bridgehead atoms. The fraction of sp³-hybridized carbons (Fsp3) is 0.889. The van der Waals surface area contributed by atoms with E-state index in [0.29, 0.717) is 0 Å². The third kappa shape index (κ3) is 11.2. The van der Waals surface area contributed by atoms with Crippen LogP contribution >= 0.6 is 15.9 Å². The molecule has 0 aliphatic carbocycles. The summed E-state index contributed by atoms with van der Waals surface area (Å²) < 4.78 is 20.8. The average Bonchev–Trinajstić information content (AvgIpc) is 2.62. The van der Waals surface area contributed by atoms with Crippen molar-refractivity contribution >= 4 is 34.8 Å². The Balaban J connectivity index is 4.58. The normalized spacial score (nSPS) is 14.4. The number of hydrogen-bond acceptors (Lipinski definition) is 6. The van der Waals surface area contributed by atoms with Crippen LogP contribution < -0.4 is 0 Å². The van der Waals surface area contributed by atoms with Crippen molar-refractivity contribution in [1.29, 1.82) is 0 Å². The van der Waals surface area contributed by atoms with Crippen molar-refractivity contribution in [3.63, 3.8) is 0 Å². The fourth-order valence-corrected chi connectivity index (χ4v) is 3.07. The summed E-state index contributed by atoms with van der Waals surface area (Å²) in [7, 11) is 2.50. The van der Waals surface area contributed by atoms with E-state index in [1.807, 2.05) is 0 Å². The van der Waals surface area contributed by atoms with E-state index in [1.165, 1.54) is 46.3 Å². The molecule has 0 heterocycles. The van der Waals surface area contributed by atoms with Crippen LogP contribution in [0, 0.1) is 0 Å². The number of unbranched alkanes of at least 4 members (excludes halogenated alkanes) is 6. The second kappa shape index (κ2) is 15.5. The van der Waals surface area contributed by atoms with Crippen molar-refractivity contribution in [3.8, 4) is 0 Å². The van der Waals surface area contributed by atoms with Gasteiger partial charge in [-0.25, -0.2) is 9.59 Å². The maximum absolute atomic E-state index is 12.1. The first-order valence-electron chi connectivity index (χ1n) is 9.47. The van der Waals surface area contributed by atoms with Gasteiger partial charge in [0, 0.05) is 0 Å². The number of carbonyl (C=O) groups is 2. The lowest BCUT2D eigenvalue weighted by Gasteiger charge is -2.27. The monoisotopic (exact) mass is 436 g/mol. The van der Waals surface area contributed by atoms with Crippen LogP contribution in [0.5, 0.6) is 0 Å². The second-order valence-electron chi connectivity index (χ2n) is 6.53. The highest BCUT2D eigenvalue weighted by atomic mass is 79.9. The summed E-state index contributed by atoms with van der Waals surface area (Å²) in [6, 6.07) is 0. The van der Waals surface area contributed by atoms with Crippen molar-refractivity contribution in [1.82, 2.24) is 0 Å². The van der Waals surface area contributed by atoms with Gasteiger partial charge in [-0.2, -0.15) is 0 Å². The van der Waals surface area contributed by atoms with Crippen molar-refractivity contribution in [2.45, 2.75) is 89.2 Å². The first-order valence-corrected chi connectivity index (χ1v) is 10.4. The zero-order chi connectivity index (χ0) is 19.9. The Morgan fingerprint density at radius 2 is 1.38 bits per heavy atom. The van der Waals surface area contributed by atoms with Gasteiger partial charge in [0.25, 0.3) is 6.92 Å². The topological polar surface area (TPSA) is 71.1 Å². The second-order valence-corrected chi connectivity index (χ2v) is 7.55. The standard InChI is InChI=1S/C18H34BBrO6/c1-6-7-8-9-10-11-12-13-14(20)25-15(17(21)23-4)16(18(22)24-5)26-19(2)3/h14-16H,6-13H2,1-5H3/t14?,15-,16-/m1/s1. The molecule has 0 aromatic rings. The van der Waals surface area contributed by atoms with E-state index < -0.39 is 24.1 Å². The van der Waals surface area contributed by atoms with Crippen molar-refractivity contribution in [2.75, 3.05) is 14.2 Å². The largest absolute Gasteiger partial charge is 0.467 e. The van der Waals surface area contributed by atoms with Gasteiger partial charge in [-0.05, 0) is 12.8 Å². The Bertz CT molecular complexity index is 394. The number of alkyl halides is 1. The third-order valence-corrected chi connectivity index (χ3v) is 4.56. The van der Waals surface area contributed by atoms with Gasteiger partial charge < -0.3 is 18.9 Å². The van der Waals surface area contributed by atoms with Crippen molar-refractivity contribution in [3.05, 3.63) is 0 Å². The third-order valence-electron chi connectivity index (χ3n) is 3.89. The molecule has 0 aliphatic rings. The number of halogens is 1. The number of methoxy groups -OCH3 is 2. The summed E-state index contributed by atoms with van der Waals surface area (Å²) in [5.74, 6) is -1.32. The molecule has 0 saturated carbocycles. The minimum Gasteiger partial charge on any atom is -0.467 e. The molecule has 0 aromatic carbocycles. The summed E-state index contributed by atoms with van der Waals surface area (Å²) in [6.45, 7) is 5.48. The predicted octanol–water partition coefficient (Wildman–Crippen LogP) is 4.22. The highest BCUT2D eigenvalue weighted by Crippen LogP contribution is 2.20. The van der Waals surface area contributed by atoms with Crippen LogP contribution in [-0.4, -0.2) is 50.3 Å². The average molecular weight is 437 g/mol. The molecule has 0 aliphatic heterocycles. The van der Waals surface area contributed by atoms with Gasteiger partial charge in [0.2, 0.25) is 0 Å². The van der Waals surface area contributed by atoms with E-state index in [0.717, 1.165) is 19.3 Å². The van der Waals surface area contributed by atoms with Crippen LogP contribution in [0.1, 0.15) is 58.3 Å². The van der Waals surface area contributed by atoms with E-state index >= 15 is 0 Å².